The monoisotopic (exact) mass is 512 g/mol. The van der Waals surface area contributed by atoms with E-state index in [4.69, 9.17) is 0 Å². The van der Waals surface area contributed by atoms with Crippen LogP contribution >= 0.6 is 0 Å². The Hall–Kier alpha value is -4.90. The molecule has 2 heterocycles. The van der Waals surface area contributed by atoms with Gasteiger partial charge >= 0.3 is 0 Å². The van der Waals surface area contributed by atoms with Crippen molar-refractivity contribution in [1.29, 1.82) is 0 Å². The maximum Gasteiger partial charge on any atom is 0.267 e. The summed E-state index contributed by atoms with van der Waals surface area (Å²) in [6.45, 7) is -0.312. The lowest BCUT2D eigenvalue weighted by atomic mass is 10.1. The van der Waals surface area contributed by atoms with Crippen LogP contribution in [0.4, 0.5) is 11.6 Å². The number of fused-ring (bicyclic) bond motifs is 1. The lowest BCUT2D eigenvalue weighted by Gasteiger charge is -2.10. The number of nitrogens with zero attached hydrogens (tertiary/aromatic N) is 4. The second-order valence-corrected chi connectivity index (χ2v) is 9.71. The van der Waals surface area contributed by atoms with Gasteiger partial charge in [0.25, 0.3) is 15.6 Å². The summed E-state index contributed by atoms with van der Waals surface area (Å²) in [5.41, 5.74) is 1.32. The molecule has 0 fully saturated rings. The summed E-state index contributed by atoms with van der Waals surface area (Å²) in [5, 5.41) is 9.13. The van der Waals surface area contributed by atoms with Gasteiger partial charge in [0.15, 0.2) is 0 Å². The molecule has 0 bridgehead atoms. The minimum atomic E-state index is -3.90. The third-order valence-corrected chi connectivity index (χ3v) is 6.79. The highest BCUT2D eigenvalue weighted by molar-refractivity contribution is 7.92. The standard InChI is InChI=1S/C26H20N6O4S/c33-24(29-21-8-10-22(11-9-21)37(35,36)31-26-27-14-3-15-28-26)17-32-25(34)13-12-23(30-32)20-7-6-18-4-1-2-5-19(18)16-20/h1-16H,17H2,(H,29,33)(H,27,28,31). The van der Waals surface area contributed by atoms with Crippen LogP contribution in [0.3, 0.4) is 0 Å². The molecule has 10 nitrogen and oxygen atoms in total. The molecule has 5 rings (SSSR count). The molecule has 2 N–H and O–H groups in total. The summed E-state index contributed by atoms with van der Waals surface area (Å²) in [4.78, 5) is 32.6. The van der Waals surface area contributed by atoms with Crippen LogP contribution in [0.1, 0.15) is 0 Å². The van der Waals surface area contributed by atoms with Gasteiger partial charge in [-0.3, -0.25) is 9.59 Å². The molecule has 11 heteroatoms. The van der Waals surface area contributed by atoms with Gasteiger partial charge in [0.05, 0.1) is 10.6 Å². The smallest absolute Gasteiger partial charge is 0.267 e. The van der Waals surface area contributed by atoms with Gasteiger partial charge in [-0.15, -0.1) is 0 Å². The second kappa shape index (κ2) is 9.99. The second-order valence-electron chi connectivity index (χ2n) is 8.03. The maximum atomic E-state index is 12.6. The van der Waals surface area contributed by atoms with Gasteiger partial charge in [0.1, 0.15) is 6.54 Å². The molecule has 5 aromatic rings. The van der Waals surface area contributed by atoms with Crippen LogP contribution in [0.5, 0.6) is 0 Å². The minimum absolute atomic E-state index is 0.0288. The van der Waals surface area contributed by atoms with Crippen LogP contribution in [0.15, 0.2) is 107 Å². The van der Waals surface area contributed by atoms with Crippen molar-refractivity contribution < 1.29 is 13.2 Å². The van der Waals surface area contributed by atoms with Crippen molar-refractivity contribution >= 4 is 38.3 Å². The molecular formula is C26H20N6O4S. The molecule has 3 aromatic carbocycles. The van der Waals surface area contributed by atoms with Gasteiger partial charge in [0, 0.05) is 29.7 Å². The molecule has 0 aliphatic heterocycles. The molecule has 0 radical (unpaired) electrons. The number of nitrogens with one attached hydrogen (secondary N) is 2. The highest BCUT2D eigenvalue weighted by Crippen LogP contribution is 2.22. The first-order chi connectivity index (χ1) is 17.9. The number of anilines is 2. The molecule has 1 amide bonds. The van der Waals surface area contributed by atoms with Gasteiger partial charge in [-0.25, -0.2) is 27.8 Å². The van der Waals surface area contributed by atoms with E-state index in [2.05, 4.69) is 25.1 Å². The summed E-state index contributed by atoms with van der Waals surface area (Å²) in [7, 11) is -3.90. The van der Waals surface area contributed by atoms with Crippen LogP contribution in [-0.2, 0) is 21.4 Å². The van der Waals surface area contributed by atoms with Gasteiger partial charge in [-0.1, -0.05) is 36.4 Å². The van der Waals surface area contributed by atoms with E-state index in [0.717, 1.165) is 21.0 Å². The summed E-state index contributed by atoms with van der Waals surface area (Å²) in [6.07, 6.45) is 2.84. The quantitative estimate of drug-likeness (QED) is 0.341. The number of hydrogen-bond donors (Lipinski definition) is 2. The van der Waals surface area contributed by atoms with Gasteiger partial charge in [0.2, 0.25) is 11.9 Å². The number of amides is 1. The Balaban J connectivity index is 1.28. The molecule has 0 atom stereocenters. The first kappa shape index (κ1) is 23.8. The zero-order chi connectivity index (χ0) is 25.8. The Kier molecular flexibility index (Phi) is 6.43. The first-order valence-electron chi connectivity index (χ1n) is 11.1. The highest BCUT2D eigenvalue weighted by atomic mass is 32.2. The lowest BCUT2D eigenvalue weighted by molar-refractivity contribution is -0.117. The van der Waals surface area contributed by atoms with Crippen molar-refractivity contribution in [2.24, 2.45) is 0 Å². The normalized spacial score (nSPS) is 11.2. The topological polar surface area (TPSA) is 136 Å². The van der Waals surface area contributed by atoms with E-state index >= 15 is 0 Å². The van der Waals surface area contributed by atoms with Crippen molar-refractivity contribution in [2.75, 3.05) is 10.0 Å². The predicted octanol–water partition coefficient (Wildman–Crippen LogP) is 3.29. The summed E-state index contributed by atoms with van der Waals surface area (Å²) in [6, 6.07) is 23.9. The van der Waals surface area contributed by atoms with Crippen molar-refractivity contribution in [3.05, 3.63) is 108 Å². The Morgan fingerprint density at radius 3 is 2.32 bits per heavy atom. The van der Waals surface area contributed by atoms with Crippen molar-refractivity contribution in [3.63, 3.8) is 0 Å². The number of sulfonamides is 1. The van der Waals surface area contributed by atoms with Crippen LogP contribution in [0.25, 0.3) is 22.0 Å². The van der Waals surface area contributed by atoms with E-state index in [0.29, 0.717) is 11.4 Å². The fraction of sp³-hybridized carbons (Fsp3) is 0.0385. The minimum Gasteiger partial charge on any atom is -0.324 e. The van der Waals surface area contributed by atoms with Crippen molar-refractivity contribution in [2.45, 2.75) is 11.4 Å². The van der Waals surface area contributed by atoms with E-state index in [9.17, 15) is 18.0 Å². The highest BCUT2D eigenvalue weighted by Gasteiger charge is 2.16. The van der Waals surface area contributed by atoms with Crippen molar-refractivity contribution in [1.82, 2.24) is 19.7 Å². The van der Waals surface area contributed by atoms with E-state index in [1.165, 1.54) is 42.7 Å². The number of hydrogen-bond acceptors (Lipinski definition) is 7. The van der Waals surface area contributed by atoms with E-state index in [-0.39, 0.29) is 17.4 Å². The van der Waals surface area contributed by atoms with Gasteiger partial charge in [-0.05, 0) is 53.2 Å². The van der Waals surface area contributed by atoms with E-state index < -0.39 is 21.5 Å². The summed E-state index contributed by atoms with van der Waals surface area (Å²) >= 11 is 0. The van der Waals surface area contributed by atoms with Gasteiger partial charge < -0.3 is 5.32 Å². The molecule has 0 saturated carbocycles. The molecule has 2 aromatic heterocycles. The van der Waals surface area contributed by atoms with E-state index in [1.54, 1.807) is 12.1 Å². The molecule has 0 unspecified atom stereocenters. The maximum absolute atomic E-state index is 12.6. The lowest BCUT2D eigenvalue weighted by Crippen LogP contribution is -2.29. The van der Waals surface area contributed by atoms with Crippen LogP contribution in [-0.4, -0.2) is 34.1 Å². The Bertz CT molecular complexity index is 1750. The molecule has 0 spiro atoms. The third-order valence-electron chi connectivity index (χ3n) is 5.45. The zero-order valence-electron chi connectivity index (χ0n) is 19.3. The summed E-state index contributed by atoms with van der Waals surface area (Å²) in [5.74, 6) is -0.541. The van der Waals surface area contributed by atoms with Crippen LogP contribution in [0, 0.1) is 0 Å². The fourth-order valence-electron chi connectivity index (χ4n) is 3.65. The Labute approximate surface area is 211 Å². The number of carbonyl (C=O) groups excluding carboxylic acids is 1. The molecule has 37 heavy (non-hydrogen) atoms. The average Bonchev–Trinajstić information content (AvgIpc) is 2.90. The fourth-order valence-corrected chi connectivity index (χ4v) is 4.61. The largest absolute Gasteiger partial charge is 0.324 e. The zero-order valence-corrected chi connectivity index (χ0v) is 20.1. The first-order valence-corrected chi connectivity index (χ1v) is 12.6. The Morgan fingerprint density at radius 1 is 0.838 bits per heavy atom. The molecular weight excluding hydrogens is 492 g/mol. The van der Waals surface area contributed by atoms with Crippen LogP contribution < -0.4 is 15.6 Å². The molecule has 0 aliphatic rings. The molecule has 0 aliphatic carbocycles. The van der Waals surface area contributed by atoms with Crippen molar-refractivity contribution in [3.8, 4) is 11.3 Å². The Morgan fingerprint density at radius 2 is 1.57 bits per heavy atom. The third kappa shape index (κ3) is 5.52. The number of benzene rings is 3. The average molecular weight is 513 g/mol. The number of rotatable bonds is 7. The predicted molar refractivity (Wildman–Crippen MR) is 139 cm³/mol. The molecule has 0 saturated heterocycles. The SMILES string of the molecule is O=C(Cn1nc(-c2ccc3ccccc3c2)ccc1=O)Nc1ccc(S(=O)(=O)Nc2ncccn2)cc1. The number of aromatic nitrogens is 4. The van der Waals surface area contributed by atoms with E-state index in [1.807, 2.05) is 42.5 Å². The molecule has 184 valence electrons. The summed E-state index contributed by atoms with van der Waals surface area (Å²) < 4.78 is 28.4. The van der Waals surface area contributed by atoms with Crippen LogP contribution in [0.2, 0.25) is 0 Å². The van der Waals surface area contributed by atoms with Gasteiger partial charge in [-0.2, -0.15) is 5.10 Å². The number of carbonyl (C=O) groups is 1.